The molecule has 0 aromatic heterocycles. The summed E-state index contributed by atoms with van der Waals surface area (Å²) in [6.45, 7) is 2.26. The number of nitrogens with one attached hydrogen (secondary N) is 2. The monoisotopic (exact) mass is 356 g/mol. The molecule has 1 fully saturated rings. The van der Waals surface area contributed by atoms with Crippen LogP contribution in [0.25, 0.3) is 0 Å². The minimum absolute atomic E-state index is 0. The first kappa shape index (κ1) is 18.6. The lowest BCUT2D eigenvalue weighted by Crippen LogP contribution is -2.33. The Balaban J connectivity index is 0.00000220. The van der Waals surface area contributed by atoms with E-state index in [2.05, 4.69) is 10.0 Å². The molecule has 0 aliphatic carbocycles. The summed E-state index contributed by atoms with van der Waals surface area (Å²) >= 11 is 5.61. The SMILES string of the molecule is Cl.O=S(=O)(NCCC1CCCNC1)c1ccc(Cl)cc1F. The van der Waals surface area contributed by atoms with Crippen LogP contribution in [-0.4, -0.2) is 28.1 Å². The fraction of sp³-hybridized carbons (Fsp3) is 0.538. The number of sulfonamides is 1. The van der Waals surface area contributed by atoms with Crippen molar-refractivity contribution >= 4 is 34.0 Å². The third-order valence-corrected chi connectivity index (χ3v) is 5.16. The van der Waals surface area contributed by atoms with Gasteiger partial charge in [-0.2, -0.15) is 0 Å². The van der Waals surface area contributed by atoms with Crippen LogP contribution >= 0.6 is 24.0 Å². The van der Waals surface area contributed by atoms with Crippen molar-refractivity contribution < 1.29 is 12.8 Å². The van der Waals surface area contributed by atoms with Crippen molar-refractivity contribution in [3.05, 3.63) is 29.0 Å². The van der Waals surface area contributed by atoms with Crippen LogP contribution in [0.1, 0.15) is 19.3 Å². The molecule has 1 unspecified atom stereocenters. The third-order valence-electron chi connectivity index (χ3n) is 3.43. The van der Waals surface area contributed by atoms with Gasteiger partial charge in [0.1, 0.15) is 10.7 Å². The van der Waals surface area contributed by atoms with Gasteiger partial charge in [0, 0.05) is 11.6 Å². The molecule has 0 radical (unpaired) electrons. The molecule has 1 aliphatic heterocycles. The van der Waals surface area contributed by atoms with E-state index >= 15 is 0 Å². The summed E-state index contributed by atoms with van der Waals surface area (Å²) in [5.74, 6) is -0.356. The van der Waals surface area contributed by atoms with Gasteiger partial charge < -0.3 is 5.32 Å². The summed E-state index contributed by atoms with van der Waals surface area (Å²) in [4.78, 5) is -0.358. The lowest BCUT2D eigenvalue weighted by molar-refractivity contribution is 0.358. The van der Waals surface area contributed by atoms with Crippen molar-refractivity contribution in [2.24, 2.45) is 5.92 Å². The van der Waals surface area contributed by atoms with E-state index in [0.717, 1.165) is 38.4 Å². The Morgan fingerprint density at radius 3 is 2.81 bits per heavy atom. The Hall–Kier alpha value is -0.400. The van der Waals surface area contributed by atoms with Crippen LogP contribution in [0.4, 0.5) is 4.39 Å². The first-order chi connectivity index (χ1) is 9.49. The number of hydrogen-bond acceptors (Lipinski definition) is 3. The van der Waals surface area contributed by atoms with Crippen LogP contribution in [0.3, 0.4) is 0 Å². The second-order valence-electron chi connectivity index (χ2n) is 4.97. The summed E-state index contributed by atoms with van der Waals surface area (Å²) in [7, 11) is -3.81. The summed E-state index contributed by atoms with van der Waals surface area (Å²) in [6.07, 6.45) is 2.97. The molecule has 21 heavy (non-hydrogen) atoms. The van der Waals surface area contributed by atoms with Gasteiger partial charge in [0.25, 0.3) is 0 Å². The normalized spacial score (nSPS) is 19.0. The quantitative estimate of drug-likeness (QED) is 0.852. The molecular weight excluding hydrogens is 338 g/mol. The van der Waals surface area contributed by atoms with Gasteiger partial charge in [-0.05, 0) is 56.5 Å². The first-order valence-electron chi connectivity index (χ1n) is 6.64. The highest BCUT2D eigenvalue weighted by Gasteiger charge is 2.20. The summed E-state index contributed by atoms with van der Waals surface area (Å²) in [5, 5.41) is 3.45. The standard InChI is InChI=1S/C13H18ClFN2O2S.ClH/c14-11-3-4-13(12(15)8-11)20(18,19)17-7-5-10-2-1-6-16-9-10;/h3-4,8,10,16-17H,1-2,5-7,9H2;1H. The van der Waals surface area contributed by atoms with Crippen LogP contribution in [0.2, 0.25) is 5.02 Å². The molecule has 1 aromatic rings. The number of rotatable bonds is 5. The van der Waals surface area contributed by atoms with Gasteiger partial charge in [0.15, 0.2) is 0 Å². The highest BCUT2D eigenvalue weighted by molar-refractivity contribution is 7.89. The number of halogens is 3. The fourth-order valence-corrected chi connectivity index (χ4v) is 3.60. The van der Waals surface area contributed by atoms with Crippen LogP contribution in [0.5, 0.6) is 0 Å². The topological polar surface area (TPSA) is 58.2 Å². The first-order valence-corrected chi connectivity index (χ1v) is 8.50. The maximum absolute atomic E-state index is 13.6. The smallest absolute Gasteiger partial charge is 0.243 e. The average molecular weight is 357 g/mol. The van der Waals surface area contributed by atoms with Crippen molar-refractivity contribution in [1.82, 2.24) is 10.0 Å². The van der Waals surface area contributed by atoms with Crippen molar-refractivity contribution in [2.45, 2.75) is 24.2 Å². The van der Waals surface area contributed by atoms with Gasteiger partial charge in [-0.1, -0.05) is 11.6 Å². The van der Waals surface area contributed by atoms with E-state index in [1.54, 1.807) is 0 Å². The molecule has 1 aromatic carbocycles. The third kappa shape index (κ3) is 5.38. The Labute approximate surface area is 135 Å². The summed E-state index contributed by atoms with van der Waals surface area (Å²) < 4.78 is 40.1. The van der Waals surface area contributed by atoms with Gasteiger partial charge in [-0.25, -0.2) is 17.5 Å². The molecular formula is C13H19Cl2FN2O2S. The molecule has 0 bridgehead atoms. The van der Waals surface area contributed by atoms with Crippen molar-refractivity contribution in [3.63, 3.8) is 0 Å². The number of benzene rings is 1. The van der Waals surface area contributed by atoms with Gasteiger partial charge in [-0.3, -0.25) is 0 Å². The zero-order valence-electron chi connectivity index (χ0n) is 11.4. The molecule has 1 atom stereocenters. The molecule has 2 rings (SSSR count). The van der Waals surface area contributed by atoms with E-state index in [-0.39, 0.29) is 22.3 Å². The summed E-state index contributed by atoms with van der Waals surface area (Å²) in [5.41, 5.74) is 0. The second-order valence-corrected chi connectivity index (χ2v) is 7.15. The molecule has 0 amide bonds. The van der Waals surface area contributed by atoms with Gasteiger partial charge in [0.2, 0.25) is 10.0 Å². The van der Waals surface area contributed by atoms with E-state index in [1.165, 1.54) is 12.1 Å². The molecule has 1 aliphatic rings. The fourth-order valence-electron chi connectivity index (χ4n) is 2.34. The lowest BCUT2D eigenvalue weighted by Gasteiger charge is -2.22. The van der Waals surface area contributed by atoms with Gasteiger partial charge in [0.05, 0.1) is 0 Å². The summed E-state index contributed by atoms with van der Waals surface area (Å²) in [6, 6.07) is 3.55. The van der Waals surface area contributed by atoms with E-state index in [4.69, 9.17) is 11.6 Å². The highest BCUT2D eigenvalue weighted by atomic mass is 35.5. The Morgan fingerprint density at radius 1 is 1.43 bits per heavy atom. The molecule has 8 heteroatoms. The second kappa shape index (κ2) is 8.29. The zero-order chi connectivity index (χ0) is 14.6. The molecule has 2 N–H and O–H groups in total. The van der Waals surface area contributed by atoms with E-state index < -0.39 is 15.8 Å². The minimum Gasteiger partial charge on any atom is -0.316 e. The maximum atomic E-state index is 13.6. The lowest BCUT2D eigenvalue weighted by atomic mass is 9.96. The Bertz CT molecular complexity index is 563. The van der Waals surface area contributed by atoms with Crippen LogP contribution in [0.15, 0.2) is 23.1 Å². The predicted octanol–water partition coefficient (Wildman–Crippen LogP) is 2.57. The molecule has 0 saturated carbocycles. The molecule has 1 saturated heterocycles. The van der Waals surface area contributed by atoms with Crippen LogP contribution in [-0.2, 0) is 10.0 Å². The molecule has 1 heterocycles. The largest absolute Gasteiger partial charge is 0.316 e. The number of piperidine rings is 1. The Kier molecular flexibility index (Phi) is 7.36. The molecule has 4 nitrogen and oxygen atoms in total. The Morgan fingerprint density at radius 2 is 2.19 bits per heavy atom. The molecule has 0 spiro atoms. The minimum atomic E-state index is -3.81. The van der Waals surface area contributed by atoms with Crippen molar-refractivity contribution in [3.8, 4) is 0 Å². The van der Waals surface area contributed by atoms with E-state index in [9.17, 15) is 12.8 Å². The zero-order valence-corrected chi connectivity index (χ0v) is 13.8. The van der Waals surface area contributed by atoms with E-state index in [1.807, 2.05) is 0 Å². The van der Waals surface area contributed by atoms with Crippen LogP contribution in [0, 0.1) is 11.7 Å². The van der Waals surface area contributed by atoms with Crippen molar-refractivity contribution in [1.29, 1.82) is 0 Å². The van der Waals surface area contributed by atoms with Gasteiger partial charge >= 0.3 is 0 Å². The average Bonchev–Trinajstić information content (AvgIpc) is 2.39. The van der Waals surface area contributed by atoms with E-state index in [0.29, 0.717) is 12.5 Å². The predicted molar refractivity (Wildman–Crippen MR) is 84.1 cm³/mol. The number of hydrogen-bond donors (Lipinski definition) is 2. The highest BCUT2D eigenvalue weighted by Crippen LogP contribution is 2.19. The maximum Gasteiger partial charge on any atom is 0.243 e. The van der Waals surface area contributed by atoms with Crippen molar-refractivity contribution in [2.75, 3.05) is 19.6 Å². The van der Waals surface area contributed by atoms with Gasteiger partial charge in [-0.15, -0.1) is 12.4 Å². The molecule has 120 valence electrons. The van der Waals surface area contributed by atoms with Crippen LogP contribution < -0.4 is 10.0 Å².